The van der Waals surface area contributed by atoms with Gasteiger partial charge in [0.15, 0.2) is 0 Å². The number of pyridine rings is 1. The maximum absolute atomic E-state index is 13.2. The maximum atomic E-state index is 13.2. The van der Waals surface area contributed by atoms with Gasteiger partial charge in [-0.15, -0.1) is 10.2 Å². The van der Waals surface area contributed by atoms with Crippen molar-refractivity contribution in [1.82, 2.24) is 19.2 Å². The molecule has 0 saturated heterocycles. The van der Waals surface area contributed by atoms with E-state index < -0.39 is 10.0 Å². The molecule has 3 heterocycles. The zero-order valence-electron chi connectivity index (χ0n) is 15.0. The smallest absolute Gasteiger partial charge is 0.268 e. The first-order valence-electron chi connectivity index (χ1n) is 8.79. The van der Waals surface area contributed by atoms with Gasteiger partial charge in [0.25, 0.3) is 10.0 Å². The molecule has 0 bridgehead atoms. The first-order chi connectivity index (χ1) is 14.1. The number of hydrogen-bond acceptors (Lipinski definition) is 6. The fourth-order valence-electron chi connectivity index (χ4n) is 3.17. The number of nitrogens with zero attached hydrogens (tertiary/aromatic N) is 4. The number of aromatic nitrogens is 4. The Kier molecular flexibility index (Phi) is 3.99. The highest BCUT2D eigenvalue weighted by Crippen LogP contribution is 2.33. The predicted octanol–water partition coefficient (Wildman–Crippen LogP) is 3.99. The van der Waals surface area contributed by atoms with Crippen LogP contribution in [0.15, 0.2) is 94.6 Å². The van der Waals surface area contributed by atoms with Gasteiger partial charge in [-0.25, -0.2) is 12.4 Å². The Bertz CT molecular complexity index is 1410. The molecule has 0 radical (unpaired) electrons. The zero-order chi connectivity index (χ0) is 19.8. The van der Waals surface area contributed by atoms with Gasteiger partial charge in [-0.3, -0.25) is 4.98 Å². The van der Waals surface area contributed by atoms with Gasteiger partial charge in [-0.2, -0.15) is 0 Å². The van der Waals surface area contributed by atoms with E-state index in [0.717, 1.165) is 5.56 Å². The van der Waals surface area contributed by atoms with Crippen LogP contribution in [-0.4, -0.2) is 27.6 Å². The minimum absolute atomic E-state index is 0.204. The van der Waals surface area contributed by atoms with Crippen molar-refractivity contribution in [2.45, 2.75) is 4.90 Å². The Morgan fingerprint density at radius 1 is 0.793 bits per heavy atom. The summed E-state index contributed by atoms with van der Waals surface area (Å²) in [5.74, 6) is 0.583. The van der Waals surface area contributed by atoms with E-state index in [1.165, 1.54) is 10.2 Å². The van der Waals surface area contributed by atoms with Gasteiger partial charge in [0, 0.05) is 29.5 Å². The summed E-state index contributed by atoms with van der Waals surface area (Å²) in [6.07, 6.45) is 4.80. The summed E-state index contributed by atoms with van der Waals surface area (Å²) in [6.45, 7) is 0. The highest BCUT2D eigenvalue weighted by molar-refractivity contribution is 7.90. The van der Waals surface area contributed by atoms with E-state index in [9.17, 15) is 8.42 Å². The lowest BCUT2D eigenvalue weighted by Crippen LogP contribution is -2.11. The second kappa shape index (κ2) is 6.68. The summed E-state index contributed by atoms with van der Waals surface area (Å²) in [6, 6.07) is 19.0. The van der Waals surface area contributed by atoms with Crippen LogP contribution < -0.4 is 0 Å². The van der Waals surface area contributed by atoms with Crippen LogP contribution in [0.3, 0.4) is 0 Å². The molecule has 0 N–H and O–H groups in total. The SMILES string of the molecule is O=S(=O)(c1ccccc1)n1cc(-c2nnc(-c3ccncc3)o2)c2ccccc21. The van der Waals surface area contributed by atoms with E-state index >= 15 is 0 Å². The average molecular weight is 402 g/mol. The van der Waals surface area contributed by atoms with Gasteiger partial charge in [0.05, 0.1) is 16.0 Å². The van der Waals surface area contributed by atoms with Crippen molar-refractivity contribution in [3.05, 3.63) is 85.3 Å². The Hall–Kier alpha value is -3.78. The van der Waals surface area contributed by atoms with Crippen LogP contribution in [0.25, 0.3) is 33.8 Å². The lowest BCUT2D eigenvalue weighted by molar-refractivity contribution is 0.584. The van der Waals surface area contributed by atoms with E-state index in [1.807, 2.05) is 12.1 Å². The molecule has 0 amide bonds. The average Bonchev–Trinajstić information content (AvgIpc) is 3.40. The second-order valence-electron chi connectivity index (χ2n) is 6.32. The summed E-state index contributed by atoms with van der Waals surface area (Å²) in [5, 5.41) is 8.94. The molecule has 3 aromatic heterocycles. The lowest BCUT2D eigenvalue weighted by atomic mass is 10.2. The first-order valence-corrected chi connectivity index (χ1v) is 10.2. The molecule has 8 heteroatoms. The molecule has 7 nitrogen and oxygen atoms in total. The Balaban J connectivity index is 1.69. The van der Waals surface area contributed by atoms with Crippen molar-refractivity contribution in [1.29, 1.82) is 0 Å². The van der Waals surface area contributed by atoms with Gasteiger partial charge >= 0.3 is 0 Å². The molecule has 29 heavy (non-hydrogen) atoms. The normalized spacial score (nSPS) is 11.7. The zero-order valence-corrected chi connectivity index (χ0v) is 15.8. The van der Waals surface area contributed by atoms with Crippen molar-refractivity contribution >= 4 is 20.9 Å². The molecular formula is C21H14N4O3S. The first kappa shape index (κ1) is 17.3. The molecule has 0 unspecified atom stereocenters. The number of fused-ring (bicyclic) bond motifs is 1. The largest absolute Gasteiger partial charge is 0.416 e. The van der Waals surface area contributed by atoms with Crippen LogP contribution in [0.4, 0.5) is 0 Å². The summed E-state index contributed by atoms with van der Waals surface area (Å²) in [4.78, 5) is 4.18. The summed E-state index contributed by atoms with van der Waals surface area (Å²) >= 11 is 0. The molecule has 0 aliphatic carbocycles. The molecule has 0 atom stereocenters. The van der Waals surface area contributed by atoms with Crippen LogP contribution in [0, 0.1) is 0 Å². The number of para-hydroxylation sites is 1. The van der Waals surface area contributed by atoms with Crippen molar-refractivity contribution in [3.8, 4) is 22.9 Å². The van der Waals surface area contributed by atoms with Gasteiger partial charge in [0.1, 0.15) is 0 Å². The van der Waals surface area contributed by atoms with Gasteiger partial charge in [0.2, 0.25) is 11.8 Å². The quantitative estimate of drug-likeness (QED) is 0.451. The van der Waals surface area contributed by atoms with Crippen LogP contribution in [0.5, 0.6) is 0 Å². The third kappa shape index (κ3) is 2.90. The minimum atomic E-state index is -3.78. The molecule has 5 rings (SSSR count). The van der Waals surface area contributed by atoms with Gasteiger partial charge in [-0.05, 0) is 30.3 Å². The second-order valence-corrected chi connectivity index (χ2v) is 8.14. The highest BCUT2D eigenvalue weighted by atomic mass is 32.2. The van der Waals surface area contributed by atoms with Crippen LogP contribution in [-0.2, 0) is 10.0 Å². The van der Waals surface area contributed by atoms with E-state index in [0.29, 0.717) is 22.4 Å². The molecule has 0 aliphatic rings. The molecule has 0 spiro atoms. The van der Waals surface area contributed by atoms with Crippen molar-refractivity contribution in [2.24, 2.45) is 0 Å². The third-order valence-corrected chi connectivity index (χ3v) is 6.25. The van der Waals surface area contributed by atoms with Crippen molar-refractivity contribution < 1.29 is 12.8 Å². The third-order valence-electron chi connectivity index (χ3n) is 4.56. The minimum Gasteiger partial charge on any atom is -0.416 e. The monoisotopic (exact) mass is 402 g/mol. The van der Waals surface area contributed by atoms with Gasteiger partial charge in [-0.1, -0.05) is 36.4 Å². The molecular weight excluding hydrogens is 388 g/mol. The molecule has 5 aromatic rings. The lowest BCUT2D eigenvalue weighted by Gasteiger charge is -2.07. The Morgan fingerprint density at radius 3 is 2.28 bits per heavy atom. The van der Waals surface area contributed by atoms with Gasteiger partial charge < -0.3 is 4.42 Å². The molecule has 0 aliphatic heterocycles. The Morgan fingerprint density at radius 2 is 1.48 bits per heavy atom. The van der Waals surface area contributed by atoms with Crippen LogP contribution in [0.1, 0.15) is 0 Å². The number of benzene rings is 2. The summed E-state index contributed by atoms with van der Waals surface area (Å²) < 4.78 is 33.5. The molecule has 2 aromatic carbocycles. The summed E-state index contributed by atoms with van der Waals surface area (Å²) in [5.41, 5.74) is 1.82. The Labute approximate surface area is 166 Å². The number of rotatable bonds is 4. The fourth-order valence-corrected chi connectivity index (χ4v) is 4.56. The van der Waals surface area contributed by atoms with Crippen molar-refractivity contribution in [3.63, 3.8) is 0 Å². The topological polar surface area (TPSA) is 90.9 Å². The number of hydrogen-bond donors (Lipinski definition) is 0. The van der Waals surface area contributed by atoms with E-state index in [1.54, 1.807) is 67.0 Å². The molecule has 142 valence electrons. The maximum Gasteiger partial charge on any atom is 0.268 e. The predicted molar refractivity (Wildman–Crippen MR) is 107 cm³/mol. The standard InChI is InChI=1S/C21H14N4O3S/c26-29(27,16-6-2-1-3-7-16)25-14-18(17-8-4-5-9-19(17)25)21-24-23-20(28-21)15-10-12-22-13-11-15/h1-14H. The van der Waals surface area contributed by atoms with E-state index in [-0.39, 0.29) is 10.8 Å². The highest BCUT2D eigenvalue weighted by Gasteiger charge is 2.23. The van der Waals surface area contributed by atoms with E-state index in [2.05, 4.69) is 15.2 Å². The van der Waals surface area contributed by atoms with Crippen molar-refractivity contribution in [2.75, 3.05) is 0 Å². The van der Waals surface area contributed by atoms with Crippen LogP contribution >= 0.6 is 0 Å². The molecule has 0 fully saturated rings. The molecule has 0 saturated carbocycles. The summed E-state index contributed by atoms with van der Waals surface area (Å²) in [7, 11) is -3.78. The fraction of sp³-hybridized carbons (Fsp3) is 0. The van der Waals surface area contributed by atoms with E-state index in [4.69, 9.17) is 4.42 Å². The van der Waals surface area contributed by atoms with Crippen LogP contribution in [0.2, 0.25) is 0 Å².